The molecule has 0 N–H and O–H groups in total. The van der Waals surface area contributed by atoms with Gasteiger partial charge in [0.25, 0.3) is 0 Å². The number of hydrogen-bond acceptors (Lipinski definition) is 5. The number of pyridine rings is 1. The number of aliphatic imine (C=N–C) groups is 1. The fraction of sp³-hybridized carbons (Fsp3) is 0.238. The minimum atomic E-state index is -0.0505. The molecule has 0 amide bonds. The van der Waals surface area contributed by atoms with E-state index in [1.54, 1.807) is 0 Å². The molecule has 4 nitrogen and oxygen atoms in total. The van der Waals surface area contributed by atoms with E-state index in [1.165, 1.54) is 0 Å². The maximum absolute atomic E-state index is 6.29. The zero-order valence-corrected chi connectivity index (χ0v) is 16.3. The zero-order valence-electron chi connectivity index (χ0n) is 14.7. The van der Waals surface area contributed by atoms with Crippen molar-refractivity contribution in [1.29, 1.82) is 0 Å². The van der Waals surface area contributed by atoms with Crippen molar-refractivity contribution >= 4 is 28.5 Å². The van der Waals surface area contributed by atoms with Crippen LogP contribution in [0.3, 0.4) is 0 Å². The van der Waals surface area contributed by atoms with Gasteiger partial charge in [0.1, 0.15) is 23.6 Å². The lowest BCUT2D eigenvalue weighted by Crippen LogP contribution is -2.28. The summed E-state index contributed by atoms with van der Waals surface area (Å²) >= 11 is 7.84. The van der Waals surface area contributed by atoms with E-state index in [9.17, 15) is 0 Å². The molecule has 6 heteroatoms. The first-order chi connectivity index (χ1) is 13.2. The highest BCUT2D eigenvalue weighted by Crippen LogP contribution is 2.48. The third kappa shape index (κ3) is 3.05. The Morgan fingerprint density at radius 2 is 1.96 bits per heavy atom. The van der Waals surface area contributed by atoms with Crippen LogP contribution in [0.4, 0.5) is 0 Å². The smallest absolute Gasteiger partial charge is 0.161 e. The molecule has 0 aliphatic carbocycles. The van der Waals surface area contributed by atoms with E-state index in [-0.39, 0.29) is 12.1 Å². The molecule has 3 atom stereocenters. The monoisotopic (exact) mass is 395 g/mol. The molecule has 27 heavy (non-hydrogen) atoms. The largest absolute Gasteiger partial charge is 0.459 e. The van der Waals surface area contributed by atoms with Crippen molar-refractivity contribution in [3.05, 3.63) is 77.3 Å². The number of hydrogen-bond donors (Lipinski definition) is 0. The molecule has 1 fully saturated rings. The molecule has 5 rings (SSSR count). The van der Waals surface area contributed by atoms with Crippen molar-refractivity contribution in [2.75, 3.05) is 6.54 Å². The van der Waals surface area contributed by atoms with Gasteiger partial charge in [0.15, 0.2) is 5.17 Å². The Labute approximate surface area is 167 Å². The van der Waals surface area contributed by atoms with Gasteiger partial charge in [-0.2, -0.15) is 0 Å². The molecule has 0 saturated carbocycles. The van der Waals surface area contributed by atoms with E-state index in [1.807, 2.05) is 66.5 Å². The van der Waals surface area contributed by atoms with Crippen LogP contribution in [0.5, 0.6) is 0 Å². The van der Waals surface area contributed by atoms with E-state index in [0.717, 1.165) is 39.5 Å². The number of fused-ring (bicyclic) bond motifs is 1. The number of furan rings is 1. The molecule has 0 radical (unpaired) electrons. The van der Waals surface area contributed by atoms with Crippen molar-refractivity contribution in [2.24, 2.45) is 4.99 Å². The SMILES string of the molecule is C[C@@H]1CN2C(=N[C@@H](c3ccccn3)[C@@H]2c2ccc(-c3ccc(Cl)cc3)o2)S1. The molecular formula is C21H18ClN3OS. The number of benzene rings is 1. The van der Waals surface area contributed by atoms with Gasteiger partial charge in [-0.1, -0.05) is 36.4 Å². The Morgan fingerprint density at radius 1 is 1.11 bits per heavy atom. The lowest BCUT2D eigenvalue weighted by atomic mass is 10.0. The minimum absolute atomic E-state index is 0.0356. The summed E-state index contributed by atoms with van der Waals surface area (Å²) in [5, 5.41) is 2.34. The highest BCUT2D eigenvalue weighted by Gasteiger charge is 2.45. The van der Waals surface area contributed by atoms with Crippen LogP contribution in [-0.4, -0.2) is 26.8 Å². The molecule has 2 aliphatic rings. The lowest BCUT2D eigenvalue weighted by Gasteiger charge is -2.25. The molecular weight excluding hydrogens is 378 g/mol. The summed E-state index contributed by atoms with van der Waals surface area (Å²) in [6.07, 6.45) is 1.83. The molecule has 3 aromatic rings. The average Bonchev–Trinajstić information content (AvgIpc) is 3.37. The van der Waals surface area contributed by atoms with Crippen molar-refractivity contribution in [2.45, 2.75) is 24.3 Å². The minimum Gasteiger partial charge on any atom is -0.459 e. The molecule has 0 bridgehead atoms. The topological polar surface area (TPSA) is 41.6 Å². The van der Waals surface area contributed by atoms with Crippen molar-refractivity contribution in [3.63, 3.8) is 0 Å². The molecule has 0 unspecified atom stereocenters. The first-order valence-electron chi connectivity index (χ1n) is 8.97. The van der Waals surface area contributed by atoms with Crippen LogP contribution in [0.1, 0.15) is 30.5 Å². The van der Waals surface area contributed by atoms with Crippen LogP contribution in [0.15, 0.2) is 70.2 Å². The Morgan fingerprint density at radius 3 is 2.74 bits per heavy atom. The van der Waals surface area contributed by atoms with Gasteiger partial charge in [0.2, 0.25) is 0 Å². The number of rotatable bonds is 3. The van der Waals surface area contributed by atoms with Gasteiger partial charge >= 0.3 is 0 Å². The first-order valence-corrected chi connectivity index (χ1v) is 10.2. The predicted octanol–water partition coefficient (Wildman–Crippen LogP) is 5.58. The van der Waals surface area contributed by atoms with Gasteiger partial charge < -0.3 is 9.32 Å². The number of thioether (sulfide) groups is 1. The first kappa shape index (κ1) is 16.9. The van der Waals surface area contributed by atoms with E-state index < -0.39 is 0 Å². The summed E-state index contributed by atoms with van der Waals surface area (Å²) in [6.45, 7) is 3.20. The third-order valence-electron chi connectivity index (χ3n) is 4.93. The summed E-state index contributed by atoms with van der Waals surface area (Å²) in [5.41, 5.74) is 1.99. The third-order valence-corrected chi connectivity index (χ3v) is 6.28. The number of nitrogens with zero attached hydrogens (tertiary/aromatic N) is 3. The van der Waals surface area contributed by atoms with Gasteiger partial charge in [-0.3, -0.25) is 4.98 Å². The quantitative estimate of drug-likeness (QED) is 0.580. The van der Waals surface area contributed by atoms with Crippen molar-refractivity contribution in [1.82, 2.24) is 9.88 Å². The van der Waals surface area contributed by atoms with E-state index in [4.69, 9.17) is 21.0 Å². The average molecular weight is 396 g/mol. The second-order valence-corrected chi connectivity index (χ2v) is 8.69. The van der Waals surface area contributed by atoms with E-state index >= 15 is 0 Å². The summed E-state index contributed by atoms with van der Waals surface area (Å²) < 4.78 is 6.29. The Hall–Kier alpha value is -2.24. The fourth-order valence-electron chi connectivity index (χ4n) is 3.71. The van der Waals surface area contributed by atoms with Gasteiger partial charge in [0.05, 0.1) is 5.69 Å². The molecule has 0 spiro atoms. The number of amidine groups is 1. The maximum atomic E-state index is 6.29. The maximum Gasteiger partial charge on any atom is 0.161 e. The summed E-state index contributed by atoms with van der Waals surface area (Å²) in [4.78, 5) is 11.9. The number of aromatic nitrogens is 1. The van der Waals surface area contributed by atoms with Crippen LogP contribution in [0, 0.1) is 0 Å². The zero-order chi connectivity index (χ0) is 18.4. The van der Waals surface area contributed by atoms with E-state index in [0.29, 0.717) is 5.25 Å². The predicted molar refractivity (Wildman–Crippen MR) is 110 cm³/mol. The normalized spacial score (nSPS) is 24.1. The van der Waals surface area contributed by atoms with Crippen LogP contribution >= 0.6 is 23.4 Å². The van der Waals surface area contributed by atoms with Gasteiger partial charge in [-0.25, -0.2) is 4.99 Å². The lowest BCUT2D eigenvalue weighted by molar-refractivity contribution is 0.277. The van der Waals surface area contributed by atoms with Crippen molar-refractivity contribution in [3.8, 4) is 11.3 Å². The molecule has 4 heterocycles. The van der Waals surface area contributed by atoms with Crippen LogP contribution in [0.25, 0.3) is 11.3 Å². The van der Waals surface area contributed by atoms with Crippen molar-refractivity contribution < 1.29 is 4.42 Å². The van der Waals surface area contributed by atoms with Gasteiger partial charge in [0, 0.05) is 28.6 Å². The summed E-state index contributed by atoms with van der Waals surface area (Å²) in [7, 11) is 0. The van der Waals surface area contributed by atoms with Crippen LogP contribution in [0.2, 0.25) is 5.02 Å². The Kier molecular flexibility index (Phi) is 4.21. The number of halogens is 1. The molecule has 2 aliphatic heterocycles. The molecule has 2 aromatic heterocycles. The Bertz CT molecular complexity index is 986. The highest BCUT2D eigenvalue weighted by atomic mass is 35.5. The summed E-state index contributed by atoms with van der Waals surface area (Å²) in [5.74, 6) is 1.76. The second kappa shape index (κ2) is 6.73. The fourth-order valence-corrected chi connectivity index (χ4v) is 4.93. The highest BCUT2D eigenvalue weighted by molar-refractivity contribution is 8.14. The van der Waals surface area contributed by atoms with E-state index in [2.05, 4.69) is 22.9 Å². The van der Waals surface area contributed by atoms with Gasteiger partial charge in [-0.05, 0) is 48.5 Å². The summed E-state index contributed by atoms with van der Waals surface area (Å²) in [6, 6.07) is 17.8. The molecule has 1 saturated heterocycles. The standard InChI is InChI=1S/C21H18ClN3OS/c1-13-12-25-20(19(24-21(25)27-13)16-4-2-3-11-23-16)18-10-9-17(26-18)14-5-7-15(22)8-6-14/h2-11,13,19-20H,12H2,1H3/t13-,19+,20+/m1/s1. The molecule has 1 aromatic carbocycles. The van der Waals surface area contributed by atoms with Gasteiger partial charge in [-0.15, -0.1) is 0 Å². The Balaban J connectivity index is 1.53. The van der Waals surface area contributed by atoms with Crippen LogP contribution < -0.4 is 0 Å². The van der Waals surface area contributed by atoms with Crippen LogP contribution in [-0.2, 0) is 0 Å². The second-order valence-electron chi connectivity index (χ2n) is 6.85. The molecule has 136 valence electrons.